The lowest BCUT2D eigenvalue weighted by molar-refractivity contribution is -0.147. The summed E-state index contributed by atoms with van der Waals surface area (Å²) in [5, 5.41) is 14.5. The summed E-state index contributed by atoms with van der Waals surface area (Å²) in [5.74, 6) is -1.32. The first-order chi connectivity index (χ1) is 15.4. The van der Waals surface area contributed by atoms with Crippen LogP contribution in [0.4, 0.5) is 0 Å². The average molecular weight is 445 g/mol. The second kappa shape index (κ2) is 7.84. The van der Waals surface area contributed by atoms with Gasteiger partial charge in [-0.05, 0) is 46.0 Å². The van der Waals surface area contributed by atoms with E-state index in [0.29, 0.717) is 5.02 Å². The Bertz CT molecular complexity index is 1340. The van der Waals surface area contributed by atoms with E-state index >= 15 is 0 Å². The highest BCUT2D eigenvalue weighted by Crippen LogP contribution is 2.34. The summed E-state index contributed by atoms with van der Waals surface area (Å²) in [6.45, 7) is 0. The highest BCUT2D eigenvalue weighted by atomic mass is 35.5. The van der Waals surface area contributed by atoms with Crippen LogP contribution in [0.15, 0.2) is 72.9 Å². The van der Waals surface area contributed by atoms with Crippen molar-refractivity contribution in [1.29, 1.82) is 0 Å². The molecule has 0 fully saturated rings. The Labute approximate surface area is 190 Å². The van der Waals surface area contributed by atoms with Crippen molar-refractivity contribution in [1.82, 2.24) is 10.3 Å². The molecule has 1 aliphatic rings. The summed E-state index contributed by atoms with van der Waals surface area (Å²) in [6.07, 6.45) is 2.43. The third-order valence-electron chi connectivity index (χ3n) is 6.18. The van der Waals surface area contributed by atoms with Crippen LogP contribution in [0.3, 0.4) is 0 Å². The van der Waals surface area contributed by atoms with E-state index in [0.717, 1.165) is 38.7 Å². The Kier molecular flexibility index (Phi) is 4.98. The molecule has 0 bridgehead atoms. The lowest BCUT2D eigenvalue weighted by Gasteiger charge is -2.25. The van der Waals surface area contributed by atoms with Gasteiger partial charge in [-0.25, -0.2) is 4.79 Å². The standard InChI is InChI=1S/C26H21ClN2O3/c27-21-9-7-16(8-10-21)17-5-6-18-13-26(25(31)32,14-19(18)11-17)29-24(30)12-20-15-28-23-4-2-1-3-22(20)23/h1-11,15,28H,12-14H2,(H,29,30)(H,31,32). The molecule has 0 radical (unpaired) electrons. The van der Waals surface area contributed by atoms with Crippen LogP contribution in [0.2, 0.25) is 5.02 Å². The molecule has 160 valence electrons. The minimum Gasteiger partial charge on any atom is -0.479 e. The quantitative estimate of drug-likeness (QED) is 0.414. The summed E-state index contributed by atoms with van der Waals surface area (Å²) < 4.78 is 0. The molecule has 3 aromatic carbocycles. The molecule has 4 aromatic rings. The van der Waals surface area contributed by atoms with Crippen molar-refractivity contribution < 1.29 is 14.7 Å². The molecule has 0 spiro atoms. The lowest BCUT2D eigenvalue weighted by atomic mass is 9.95. The van der Waals surface area contributed by atoms with Gasteiger partial charge in [-0.2, -0.15) is 0 Å². The molecule has 0 saturated heterocycles. The Balaban J connectivity index is 1.38. The number of aromatic nitrogens is 1. The fraction of sp³-hybridized carbons (Fsp3) is 0.154. The maximum atomic E-state index is 12.9. The van der Waals surface area contributed by atoms with Gasteiger partial charge < -0.3 is 15.4 Å². The number of para-hydroxylation sites is 1. The highest BCUT2D eigenvalue weighted by Gasteiger charge is 2.45. The summed E-state index contributed by atoms with van der Waals surface area (Å²) in [5.41, 5.74) is 4.33. The van der Waals surface area contributed by atoms with Gasteiger partial charge in [0.25, 0.3) is 0 Å². The SMILES string of the molecule is O=C(Cc1c[nH]c2ccccc12)NC1(C(=O)O)Cc2ccc(-c3ccc(Cl)cc3)cc2C1. The molecule has 1 heterocycles. The van der Waals surface area contributed by atoms with Gasteiger partial charge in [0.05, 0.1) is 6.42 Å². The van der Waals surface area contributed by atoms with Crippen molar-refractivity contribution in [3.05, 3.63) is 94.6 Å². The van der Waals surface area contributed by atoms with Gasteiger partial charge in [-0.15, -0.1) is 0 Å². The van der Waals surface area contributed by atoms with Crippen LogP contribution in [-0.4, -0.2) is 27.5 Å². The Hall–Kier alpha value is -3.57. The molecule has 1 atom stereocenters. The fourth-order valence-electron chi connectivity index (χ4n) is 4.55. The van der Waals surface area contributed by atoms with E-state index in [9.17, 15) is 14.7 Å². The van der Waals surface area contributed by atoms with Crippen molar-refractivity contribution in [2.45, 2.75) is 24.8 Å². The first kappa shape index (κ1) is 20.3. The minimum atomic E-state index is -1.34. The highest BCUT2D eigenvalue weighted by molar-refractivity contribution is 6.30. The number of fused-ring (bicyclic) bond motifs is 2. The molecule has 1 amide bonds. The summed E-state index contributed by atoms with van der Waals surface area (Å²) in [6, 6.07) is 21.2. The largest absolute Gasteiger partial charge is 0.479 e. The molecule has 0 aliphatic heterocycles. The normalized spacial score (nSPS) is 17.3. The number of carboxylic acid groups (broad SMARTS) is 1. The molecular weight excluding hydrogens is 424 g/mol. The second-order valence-electron chi connectivity index (χ2n) is 8.32. The van der Waals surface area contributed by atoms with E-state index in [1.807, 2.05) is 66.7 Å². The Morgan fingerprint density at radius 2 is 1.69 bits per heavy atom. The van der Waals surface area contributed by atoms with Crippen LogP contribution in [0.1, 0.15) is 16.7 Å². The number of carbonyl (C=O) groups excluding carboxylic acids is 1. The fourth-order valence-corrected chi connectivity index (χ4v) is 4.68. The zero-order valence-electron chi connectivity index (χ0n) is 17.2. The zero-order valence-corrected chi connectivity index (χ0v) is 17.9. The number of aromatic amines is 1. The Morgan fingerprint density at radius 1 is 0.969 bits per heavy atom. The molecule has 5 rings (SSSR count). The van der Waals surface area contributed by atoms with Gasteiger partial charge in [-0.3, -0.25) is 4.79 Å². The summed E-state index contributed by atoms with van der Waals surface area (Å²) >= 11 is 5.99. The predicted octanol–water partition coefficient (Wildman–Crippen LogP) is 4.77. The second-order valence-corrected chi connectivity index (χ2v) is 8.75. The van der Waals surface area contributed by atoms with Crippen LogP contribution < -0.4 is 5.32 Å². The zero-order chi connectivity index (χ0) is 22.3. The number of carbonyl (C=O) groups is 2. The molecule has 6 heteroatoms. The average Bonchev–Trinajstić information content (AvgIpc) is 3.35. The number of aliphatic carboxylic acids is 1. The van der Waals surface area contributed by atoms with Crippen LogP contribution in [-0.2, 0) is 28.9 Å². The first-order valence-electron chi connectivity index (χ1n) is 10.4. The third kappa shape index (κ3) is 3.65. The monoisotopic (exact) mass is 444 g/mol. The minimum absolute atomic E-state index is 0.116. The molecule has 1 aromatic heterocycles. The van der Waals surface area contributed by atoms with E-state index in [1.54, 1.807) is 6.20 Å². The van der Waals surface area contributed by atoms with E-state index in [4.69, 9.17) is 11.6 Å². The number of halogens is 1. The van der Waals surface area contributed by atoms with Crippen LogP contribution in [0.5, 0.6) is 0 Å². The number of H-pyrrole nitrogens is 1. The lowest BCUT2D eigenvalue weighted by Crippen LogP contribution is -2.55. The topological polar surface area (TPSA) is 82.2 Å². The van der Waals surface area contributed by atoms with E-state index in [-0.39, 0.29) is 25.2 Å². The first-order valence-corrected chi connectivity index (χ1v) is 10.8. The number of amides is 1. The van der Waals surface area contributed by atoms with Gasteiger partial charge in [0.2, 0.25) is 5.91 Å². The van der Waals surface area contributed by atoms with Gasteiger partial charge >= 0.3 is 5.97 Å². The Morgan fingerprint density at radius 3 is 2.47 bits per heavy atom. The summed E-state index contributed by atoms with van der Waals surface area (Å²) in [4.78, 5) is 28.3. The summed E-state index contributed by atoms with van der Waals surface area (Å²) in [7, 11) is 0. The van der Waals surface area contributed by atoms with Crippen LogP contribution in [0.25, 0.3) is 22.0 Å². The molecule has 0 saturated carbocycles. The number of nitrogens with one attached hydrogen (secondary N) is 2. The van der Waals surface area contributed by atoms with Crippen molar-refractivity contribution in [3.63, 3.8) is 0 Å². The molecule has 3 N–H and O–H groups in total. The smallest absolute Gasteiger partial charge is 0.330 e. The van der Waals surface area contributed by atoms with Crippen molar-refractivity contribution in [2.24, 2.45) is 0 Å². The molecule has 1 aliphatic carbocycles. The van der Waals surface area contributed by atoms with E-state index in [2.05, 4.69) is 10.3 Å². The van der Waals surface area contributed by atoms with Gasteiger partial charge in [0, 0.05) is 35.0 Å². The maximum Gasteiger partial charge on any atom is 0.330 e. The van der Waals surface area contributed by atoms with E-state index in [1.165, 1.54) is 0 Å². The number of hydrogen-bond acceptors (Lipinski definition) is 2. The van der Waals surface area contributed by atoms with Crippen molar-refractivity contribution >= 4 is 34.4 Å². The molecule has 1 unspecified atom stereocenters. The van der Waals surface area contributed by atoms with Crippen LogP contribution in [0, 0.1) is 0 Å². The number of benzene rings is 3. The van der Waals surface area contributed by atoms with Crippen LogP contribution >= 0.6 is 11.6 Å². The number of hydrogen-bond donors (Lipinski definition) is 3. The van der Waals surface area contributed by atoms with Crippen molar-refractivity contribution in [2.75, 3.05) is 0 Å². The number of rotatable bonds is 5. The van der Waals surface area contributed by atoms with Gasteiger partial charge in [-0.1, -0.05) is 60.1 Å². The maximum absolute atomic E-state index is 12.9. The number of carboxylic acids is 1. The molecular formula is C26H21ClN2O3. The van der Waals surface area contributed by atoms with Gasteiger partial charge in [0.15, 0.2) is 0 Å². The van der Waals surface area contributed by atoms with E-state index < -0.39 is 11.5 Å². The third-order valence-corrected chi connectivity index (χ3v) is 6.43. The predicted molar refractivity (Wildman–Crippen MR) is 125 cm³/mol. The molecule has 5 nitrogen and oxygen atoms in total. The molecule has 32 heavy (non-hydrogen) atoms. The van der Waals surface area contributed by atoms with Gasteiger partial charge in [0.1, 0.15) is 5.54 Å². The van der Waals surface area contributed by atoms with Crippen molar-refractivity contribution in [3.8, 4) is 11.1 Å².